The summed E-state index contributed by atoms with van der Waals surface area (Å²) >= 11 is 0. The van der Waals surface area contributed by atoms with Gasteiger partial charge in [-0.1, -0.05) is 25.5 Å². The molecule has 0 aromatic heterocycles. The Labute approximate surface area is 126 Å². The summed E-state index contributed by atoms with van der Waals surface area (Å²) in [5.74, 6) is 1.62. The van der Waals surface area contributed by atoms with Crippen LogP contribution in [0.3, 0.4) is 0 Å². The van der Waals surface area contributed by atoms with Gasteiger partial charge in [-0.15, -0.1) is 0 Å². The molecule has 0 saturated heterocycles. The SMILES string of the molecule is CCC1CCC(NC(=O)C2CNc3ccccc3O2)CC1. The van der Waals surface area contributed by atoms with Gasteiger partial charge >= 0.3 is 0 Å². The van der Waals surface area contributed by atoms with E-state index in [0.717, 1.165) is 30.2 Å². The minimum atomic E-state index is -0.427. The second-order valence-electron chi connectivity index (χ2n) is 6.12. The number of benzene rings is 1. The standard InChI is InChI=1S/C17H24N2O2/c1-2-12-7-9-13(10-8-12)19-17(20)16-11-18-14-5-3-4-6-15(14)21-16/h3-6,12-13,16,18H,2,7-11H2,1H3,(H,19,20). The Hall–Kier alpha value is -1.71. The zero-order chi connectivity index (χ0) is 14.7. The molecule has 1 aliphatic carbocycles. The number of hydrogen-bond acceptors (Lipinski definition) is 3. The highest BCUT2D eigenvalue weighted by atomic mass is 16.5. The van der Waals surface area contributed by atoms with Gasteiger partial charge in [-0.2, -0.15) is 0 Å². The van der Waals surface area contributed by atoms with Crippen molar-refractivity contribution in [3.8, 4) is 5.75 Å². The number of amides is 1. The largest absolute Gasteiger partial charge is 0.477 e. The molecule has 1 fully saturated rings. The van der Waals surface area contributed by atoms with Crippen LogP contribution in [0.15, 0.2) is 24.3 Å². The fourth-order valence-corrected chi connectivity index (χ4v) is 3.27. The van der Waals surface area contributed by atoms with Crippen LogP contribution in [0.2, 0.25) is 0 Å². The number of carbonyl (C=O) groups is 1. The molecule has 1 unspecified atom stereocenters. The van der Waals surface area contributed by atoms with Crippen LogP contribution in [0.5, 0.6) is 5.75 Å². The topological polar surface area (TPSA) is 50.4 Å². The third-order valence-electron chi connectivity index (χ3n) is 4.70. The van der Waals surface area contributed by atoms with Gasteiger partial charge in [0.25, 0.3) is 5.91 Å². The summed E-state index contributed by atoms with van der Waals surface area (Å²) < 4.78 is 5.80. The molecule has 1 aromatic carbocycles. The predicted octanol–water partition coefficient (Wildman–Crippen LogP) is 2.94. The fraction of sp³-hybridized carbons (Fsp3) is 0.588. The van der Waals surface area contributed by atoms with Crippen LogP contribution in [0, 0.1) is 5.92 Å². The van der Waals surface area contributed by atoms with Crippen LogP contribution in [0.4, 0.5) is 5.69 Å². The van der Waals surface area contributed by atoms with E-state index in [4.69, 9.17) is 4.74 Å². The van der Waals surface area contributed by atoms with Gasteiger partial charge in [-0.25, -0.2) is 0 Å². The van der Waals surface area contributed by atoms with E-state index >= 15 is 0 Å². The Morgan fingerprint density at radius 3 is 2.81 bits per heavy atom. The first-order valence-electron chi connectivity index (χ1n) is 8.06. The fourth-order valence-electron chi connectivity index (χ4n) is 3.27. The van der Waals surface area contributed by atoms with E-state index in [2.05, 4.69) is 17.6 Å². The minimum Gasteiger partial charge on any atom is -0.477 e. The van der Waals surface area contributed by atoms with Crippen LogP contribution in [-0.4, -0.2) is 24.6 Å². The Kier molecular flexibility index (Phi) is 4.32. The lowest BCUT2D eigenvalue weighted by Crippen LogP contribution is -2.48. The van der Waals surface area contributed by atoms with E-state index in [1.165, 1.54) is 19.3 Å². The molecule has 1 heterocycles. The normalized spacial score (nSPS) is 28.0. The van der Waals surface area contributed by atoms with E-state index in [1.54, 1.807) is 0 Å². The number of para-hydroxylation sites is 2. The second-order valence-corrected chi connectivity index (χ2v) is 6.12. The molecule has 2 aliphatic rings. The number of hydrogen-bond donors (Lipinski definition) is 2. The molecule has 0 spiro atoms. The van der Waals surface area contributed by atoms with Gasteiger partial charge in [0.2, 0.25) is 0 Å². The van der Waals surface area contributed by atoms with Gasteiger partial charge in [0, 0.05) is 6.04 Å². The van der Waals surface area contributed by atoms with Gasteiger partial charge in [0.1, 0.15) is 5.75 Å². The highest BCUT2D eigenvalue weighted by molar-refractivity contribution is 5.83. The maximum Gasteiger partial charge on any atom is 0.263 e. The summed E-state index contributed by atoms with van der Waals surface area (Å²) in [7, 11) is 0. The lowest BCUT2D eigenvalue weighted by Gasteiger charge is -2.31. The van der Waals surface area contributed by atoms with E-state index < -0.39 is 6.10 Å². The smallest absolute Gasteiger partial charge is 0.263 e. The van der Waals surface area contributed by atoms with Crippen molar-refractivity contribution in [2.24, 2.45) is 5.92 Å². The number of rotatable bonds is 3. The summed E-state index contributed by atoms with van der Waals surface area (Å²) in [6.45, 7) is 2.79. The molecule has 0 bridgehead atoms. The Balaban J connectivity index is 1.53. The Morgan fingerprint density at radius 2 is 2.05 bits per heavy atom. The summed E-state index contributed by atoms with van der Waals surface area (Å²) in [4.78, 5) is 12.4. The lowest BCUT2D eigenvalue weighted by atomic mass is 9.84. The molecule has 4 nitrogen and oxygen atoms in total. The maximum atomic E-state index is 12.4. The van der Waals surface area contributed by atoms with Gasteiger partial charge in [0.15, 0.2) is 6.10 Å². The molecule has 114 valence electrons. The number of nitrogens with one attached hydrogen (secondary N) is 2. The van der Waals surface area contributed by atoms with E-state index in [9.17, 15) is 4.79 Å². The summed E-state index contributed by atoms with van der Waals surface area (Å²) in [6.07, 6.45) is 5.49. The second kappa shape index (κ2) is 6.37. The highest BCUT2D eigenvalue weighted by Crippen LogP contribution is 2.29. The van der Waals surface area contributed by atoms with Crippen molar-refractivity contribution in [3.63, 3.8) is 0 Å². The quantitative estimate of drug-likeness (QED) is 0.899. The number of fused-ring (bicyclic) bond motifs is 1. The maximum absolute atomic E-state index is 12.4. The van der Waals surface area contributed by atoms with Gasteiger partial charge in [-0.05, 0) is 43.7 Å². The third-order valence-corrected chi connectivity index (χ3v) is 4.70. The molecular weight excluding hydrogens is 264 g/mol. The summed E-state index contributed by atoms with van der Waals surface area (Å²) in [5.41, 5.74) is 0.963. The molecule has 2 N–H and O–H groups in total. The van der Waals surface area contributed by atoms with E-state index in [1.807, 2.05) is 24.3 Å². The van der Waals surface area contributed by atoms with Crippen LogP contribution in [0.1, 0.15) is 39.0 Å². The first kappa shape index (κ1) is 14.2. The van der Waals surface area contributed by atoms with Crippen LogP contribution in [0.25, 0.3) is 0 Å². The Bertz CT molecular complexity index is 495. The summed E-state index contributed by atoms with van der Waals surface area (Å²) in [5, 5.41) is 6.42. The molecule has 0 radical (unpaired) electrons. The first-order valence-corrected chi connectivity index (χ1v) is 8.06. The van der Waals surface area contributed by atoms with Crippen LogP contribution >= 0.6 is 0 Å². The molecular formula is C17H24N2O2. The average molecular weight is 288 g/mol. The molecule has 21 heavy (non-hydrogen) atoms. The Morgan fingerprint density at radius 1 is 1.29 bits per heavy atom. The number of anilines is 1. The van der Waals surface area contributed by atoms with Crippen molar-refractivity contribution in [2.45, 2.75) is 51.2 Å². The van der Waals surface area contributed by atoms with E-state index in [-0.39, 0.29) is 5.91 Å². The zero-order valence-corrected chi connectivity index (χ0v) is 12.6. The first-order chi connectivity index (χ1) is 10.3. The van der Waals surface area contributed by atoms with Crippen molar-refractivity contribution in [1.82, 2.24) is 5.32 Å². The summed E-state index contributed by atoms with van der Waals surface area (Å²) in [6, 6.07) is 8.07. The monoisotopic (exact) mass is 288 g/mol. The zero-order valence-electron chi connectivity index (χ0n) is 12.6. The third kappa shape index (κ3) is 3.31. The highest BCUT2D eigenvalue weighted by Gasteiger charge is 2.28. The van der Waals surface area contributed by atoms with Crippen molar-refractivity contribution >= 4 is 11.6 Å². The van der Waals surface area contributed by atoms with Crippen molar-refractivity contribution in [3.05, 3.63) is 24.3 Å². The molecule has 1 aliphatic heterocycles. The molecule has 1 aromatic rings. The van der Waals surface area contributed by atoms with Gasteiger partial charge in [-0.3, -0.25) is 4.79 Å². The van der Waals surface area contributed by atoms with Crippen molar-refractivity contribution < 1.29 is 9.53 Å². The molecule has 3 rings (SSSR count). The van der Waals surface area contributed by atoms with Gasteiger partial charge < -0.3 is 15.4 Å². The molecule has 1 saturated carbocycles. The average Bonchev–Trinajstić information content (AvgIpc) is 2.55. The number of carbonyl (C=O) groups excluding carboxylic acids is 1. The van der Waals surface area contributed by atoms with Crippen LogP contribution in [-0.2, 0) is 4.79 Å². The predicted molar refractivity (Wildman–Crippen MR) is 83.5 cm³/mol. The molecule has 1 atom stereocenters. The lowest BCUT2D eigenvalue weighted by molar-refractivity contribution is -0.128. The molecule has 4 heteroatoms. The number of ether oxygens (including phenoxy) is 1. The van der Waals surface area contributed by atoms with Gasteiger partial charge in [0.05, 0.1) is 12.2 Å². The molecule has 1 amide bonds. The minimum absolute atomic E-state index is 0.0111. The van der Waals surface area contributed by atoms with Crippen LogP contribution < -0.4 is 15.4 Å². The van der Waals surface area contributed by atoms with E-state index in [0.29, 0.717) is 12.6 Å². The van der Waals surface area contributed by atoms with Crippen molar-refractivity contribution in [2.75, 3.05) is 11.9 Å². The van der Waals surface area contributed by atoms with Crippen molar-refractivity contribution in [1.29, 1.82) is 0 Å².